The van der Waals surface area contributed by atoms with E-state index >= 15 is 0 Å². The summed E-state index contributed by atoms with van der Waals surface area (Å²) in [6, 6.07) is 16.1. The molecule has 26 heavy (non-hydrogen) atoms. The molecule has 1 fully saturated rings. The highest BCUT2D eigenvalue weighted by Crippen LogP contribution is 2.40. The first kappa shape index (κ1) is 18.5. The summed E-state index contributed by atoms with van der Waals surface area (Å²) in [4.78, 5) is 13.3. The van der Waals surface area contributed by atoms with Crippen LogP contribution in [-0.4, -0.2) is 12.0 Å². The summed E-state index contributed by atoms with van der Waals surface area (Å²) in [7, 11) is 0. The highest BCUT2D eigenvalue weighted by atomic mass is 16.5. The van der Waals surface area contributed by atoms with Crippen molar-refractivity contribution in [3.63, 3.8) is 0 Å². The van der Waals surface area contributed by atoms with Crippen LogP contribution in [0.5, 0.6) is 5.75 Å². The summed E-state index contributed by atoms with van der Waals surface area (Å²) >= 11 is 0. The van der Waals surface area contributed by atoms with Crippen molar-refractivity contribution in [2.45, 2.75) is 64.4 Å². The zero-order valence-corrected chi connectivity index (χ0v) is 16.0. The topological polar surface area (TPSA) is 38.3 Å². The molecule has 1 aliphatic carbocycles. The third-order valence-corrected chi connectivity index (χ3v) is 5.20. The number of ether oxygens (including phenoxy) is 1. The van der Waals surface area contributed by atoms with Crippen LogP contribution in [0.1, 0.15) is 57.1 Å². The summed E-state index contributed by atoms with van der Waals surface area (Å²) in [5, 5.41) is 3.16. The van der Waals surface area contributed by atoms with E-state index in [-0.39, 0.29) is 12.0 Å². The number of carbonyl (C=O) groups is 1. The number of anilines is 1. The second kappa shape index (κ2) is 7.94. The molecule has 0 saturated heterocycles. The number of benzene rings is 2. The maximum Gasteiger partial charge on any atom is 0.235 e. The van der Waals surface area contributed by atoms with Gasteiger partial charge >= 0.3 is 0 Å². The minimum Gasteiger partial charge on any atom is -0.491 e. The Labute approximate surface area is 156 Å². The van der Waals surface area contributed by atoms with E-state index in [1.54, 1.807) is 0 Å². The first-order chi connectivity index (χ1) is 12.5. The van der Waals surface area contributed by atoms with Crippen molar-refractivity contribution in [2.75, 3.05) is 5.32 Å². The molecule has 138 valence electrons. The van der Waals surface area contributed by atoms with Crippen molar-refractivity contribution < 1.29 is 9.53 Å². The number of amides is 1. The highest BCUT2D eigenvalue weighted by molar-refractivity contribution is 5.99. The molecule has 3 nitrogen and oxygen atoms in total. The van der Waals surface area contributed by atoms with E-state index in [0.29, 0.717) is 0 Å². The van der Waals surface area contributed by atoms with Gasteiger partial charge in [0.15, 0.2) is 0 Å². The van der Waals surface area contributed by atoms with Crippen LogP contribution in [0, 0.1) is 6.92 Å². The normalized spacial score (nSPS) is 16.3. The molecule has 3 heteroatoms. The fourth-order valence-corrected chi connectivity index (χ4v) is 3.88. The van der Waals surface area contributed by atoms with E-state index in [0.717, 1.165) is 42.7 Å². The van der Waals surface area contributed by atoms with Gasteiger partial charge in [0, 0.05) is 5.69 Å². The SMILES string of the molecule is Cc1cccc(C2(C(=O)Nc3ccc(OC(C)C)cc3)CCCCC2)c1. The summed E-state index contributed by atoms with van der Waals surface area (Å²) in [6.07, 6.45) is 5.38. The first-order valence-electron chi connectivity index (χ1n) is 9.65. The molecule has 0 atom stereocenters. The second-order valence-electron chi connectivity index (χ2n) is 7.66. The van der Waals surface area contributed by atoms with Crippen LogP contribution in [0.25, 0.3) is 0 Å². The Kier molecular flexibility index (Phi) is 5.65. The largest absolute Gasteiger partial charge is 0.491 e. The Morgan fingerprint density at radius 3 is 2.35 bits per heavy atom. The van der Waals surface area contributed by atoms with E-state index < -0.39 is 5.41 Å². The van der Waals surface area contributed by atoms with Crippen molar-refractivity contribution in [2.24, 2.45) is 0 Å². The molecule has 1 saturated carbocycles. The number of carbonyl (C=O) groups excluding carboxylic acids is 1. The zero-order valence-electron chi connectivity index (χ0n) is 16.0. The van der Waals surface area contributed by atoms with Crippen LogP contribution in [0.2, 0.25) is 0 Å². The van der Waals surface area contributed by atoms with E-state index in [9.17, 15) is 4.79 Å². The van der Waals surface area contributed by atoms with Crippen LogP contribution < -0.4 is 10.1 Å². The van der Waals surface area contributed by atoms with Gasteiger partial charge in [0.05, 0.1) is 11.5 Å². The lowest BCUT2D eigenvalue weighted by Crippen LogP contribution is -2.42. The number of rotatable bonds is 5. The van der Waals surface area contributed by atoms with Crippen LogP contribution in [0.15, 0.2) is 48.5 Å². The van der Waals surface area contributed by atoms with Gasteiger partial charge in [0.25, 0.3) is 0 Å². The van der Waals surface area contributed by atoms with Crippen LogP contribution in [-0.2, 0) is 10.2 Å². The summed E-state index contributed by atoms with van der Waals surface area (Å²) < 4.78 is 5.68. The van der Waals surface area contributed by atoms with Crippen molar-refractivity contribution in [3.8, 4) is 5.75 Å². The van der Waals surface area contributed by atoms with Gasteiger partial charge in [-0.05, 0) is 63.4 Å². The van der Waals surface area contributed by atoms with Gasteiger partial charge in [0.2, 0.25) is 5.91 Å². The average Bonchev–Trinajstić information content (AvgIpc) is 2.63. The second-order valence-corrected chi connectivity index (χ2v) is 7.66. The predicted octanol–water partition coefficient (Wildman–Crippen LogP) is 5.62. The lowest BCUT2D eigenvalue weighted by Gasteiger charge is -2.36. The molecule has 1 aliphatic rings. The Hall–Kier alpha value is -2.29. The number of nitrogens with one attached hydrogen (secondary N) is 1. The van der Waals surface area contributed by atoms with Gasteiger partial charge in [-0.1, -0.05) is 49.1 Å². The van der Waals surface area contributed by atoms with Gasteiger partial charge in [-0.15, -0.1) is 0 Å². The molecule has 0 aromatic heterocycles. The summed E-state index contributed by atoms with van der Waals surface area (Å²) in [5.74, 6) is 0.935. The minimum absolute atomic E-state index is 0.111. The quantitative estimate of drug-likeness (QED) is 0.759. The molecule has 1 N–H and O–H groups in total. The van der Waals surface area contributed by atoms with Gasteiger partial charge in [0.1, 0.15) is 5.75 Å². The summed E-state index contributed by atoms with van der Waals surface area (Å²) in [5.41, 5.74) is 2.76. The van der Waals surface area contributed by atoms with Crippen molar-refractivity contribution in [1.29, 1.82) is 0 Å². The van der Waals surface area contributed by atoms with Crippen molar-refractivity contribution in [1.82, 2.24) is 0 Å². The van der Waals surface area contributed by atoms with E-state index in [2.05, 4.69) is 36.5 Å². The van der Waals surface area contributed by atoms with Gasteiger partial charge in [-0.2, -0.15) is 0 Å². The number of hydrogen-bond acceptors (Lipinski definition) is 2. The maximum atomic E-state index is 13.3. The zero-order chi connectivity index (χ0) is 18.6. The average molecular weight is 351 g/mol. The van der Waals surface area contributed by atoms with Crippen LogP contribution in [0.3, 0.4) is 0 Å². The molecule has 0 spiro atoms. The standard InChI is InChI=1S/C23H29NO2/c1-17(2)26-21-12-10-20(11-13-21)24-22(25)23(14-5-4-6-15-23)19-9-7-8-18(3)16-19/h7-13,16-17H,4-6,14-15H2,1-3H3,(H,24,25). The van der Waals surface area contributed by atoms with E-state index in [1.165, 1.54) is 12.0 Å². The van der Waals surface area contributed by atoms with Gasteiger partial charge in [-0.25, -0.2) is 0 Å². The lowest BCUT2D eigenvalue weighted by atomic mass is 9.68. The molecular weight excluding hydrogens is 322 g/mol. The molecule has 0 unspecified atom stereocenters. The monoisotopic (exact) mass is 351 g/mol. The van der Waals surface area contributed by atoms with E-state index in [4.69, 9.17) is 4.74 Å². The van der Waals surface area contributed by atoms with Crippen LogP contribution in [0.4, 0.5) is 5.69 Å². The van der Waals surface area contributed by atoms with Gasteiger partial charge in [-0.3, -0.25) is 4.79 Å². The molecule has 0 heterocycles. The summed E-state index contributed by atoms with van der Waals surface area (Å²) in [6.45, 7) is 6.10. The Morgan fingerprint density at radius 1 is 1.04 bits per heavy atom. The lowest BCUT2D eigenvalue weighted by molar-refractivity contribution is -0.122. The number of aryl methyl sites for hydroxylation is 1. The van der Waals surface area contributed by atoms with Gasteiger partial charge < -0.3 is 10.1 Å². The van der Waals surface area contributed by atoms with E-state index in [1.807, 2.05) is 38.1 Å². The smallest absolute Gasteiger partial charge is 0.235 e. The fraction of sp³-hybridized carbons (Fsp3) is 0.435. The molecule has 0 aliphatic heterocycles. The highest BCUT2D eigenvalue weighted by Gasteiger charge is 2.41. The first-order valence-corrected chi connectivity index (χ1v) is 9.65. The van der Waals surface area contributed by atoms with Crippen LogP contribution >= 0.6 is 0 Å². The third-order valence-electron chi connectivity index (χ3n) is 5.20. The molecule has 2 aromatic rings. The minimum atomic E-state index is -0.419. The number of hydrogen-bond donors (Lipinski definition) is 1. The fourth-order valence-electron chi connectivity index (χ4n) is 3.88. The Bertz CT molecular complexity index is 743. The molecule has 0 radical (unpaired) electrons. The maximum absolute atomic E-state index is 13.3. The molecule has 3 rings (SSSR count). The third kappa shape index (κ3) is 4.09. The van der Waals surface area contributed by atoms with Crippen molar-refractivity contribution in [3.05, 3.63) is 59.7 Å². The molecule has 1 amide bonds. The molecular formula is C23H29NO2. The Morgan fingerprint density at radius 2 is 1.73 bits per heavy atom. The van der Waals surface area contributed by atoms with Crippen molar-refractivity contribution >= 4 is 11.6 Å². The molecule has 0 bridgehead atoms. The Balaban J connectivity index is 1.82. The predicted molar refractivity (Wildman–Crippen MR) is 107 cm³/mol. The molecule has 2 aromatic carbocycles.